The molecule has 8 nitrogen and oxygen atoms in total. The first-order valence-corrected chi connectivity index (χ1v) is 16.6. The SMILES string of the molecule is COCCc1ccc(OCC(CNC(C)C)OC(=O)C[C@@H](O)C[C@@H](O)C=Cc2c(-c3ccc(F)cc3)c3ccccc3n2C(C)C)cc1. The van der Waals surface area contributed by atoms with E-state index in [1.165, 1.54) is 12.1 Å². The Labute approximate surface area is 283 Å². The molecule has 3 atom stereocenters. The number of para-hydroxylation sites is 1. The Bertz CT molecular complexity index is 1610. The molecule has 0 aliphatic rings. The predicted octanol–water partition coefficient (Wildman–Crippen LogP) is 6.72. The fourth-order valence-electron chi connectivity index (χ4n) is 5.66. The van der Waals surface area contributed by atoms with Crippen LogP contribution in [0.3, 0.4) is 0 Å². The van der Waals surface area contributed by atoms with Crippen LogP contribution in [0.15, 0.2) is 78.9 Å². The molecule has 3 aromatic carbocycles. The number of carbonyl (C=O) groups is 1. The number of aliphatic hydroxyl groups is 2. The van der Waals surface area contributed by atoms with Gasteiger partial charge in [-0.05, 0) is 67.8 Å². The maximum Gasteiger partial charge on any atom is 0.308 e. The van der Waals surface area contributed by atoms with Gasteiger partial charge in [-0.3, -0.25) is 4.79 Å². The van der Waals surface area contributed by atoms with Gasteiger partial charge in [0.05, 0.1) is 25.2 Å². The number of methoxy groups -OCH3 is 1. The van der Waals surface area contributed by atoms with Crippen molar-refractivity contribution in [3.63, 3.8) is 0 Å². The first-order chi connectivity index (χ1) is 23.0. The standard InChI is InChI=1S/C39H49FN2O6/c1-26(2)41-24-34(25-47-33-17-10-28(11-18-33)20-21-46-5)48-38(45)23-32(44)22-31(43)16-19-37-39(29-12-14-30(40)15-13-29)35-8-6-7-9-36(35)42(37)27(3)4/h6-19,26-27,31-32,34,41,43-44H,20-25H2,1-5H3/t31-,32-,34?/m0/s1. The number of aromatic nitrogens is 1. The summed E-state index contributed by atoms with van der Waals surface area (Å²) in [5.41, 5.74) is 4.80. The first-order valence-electron chi connectivity index (χ1n) is 16.6. The van der Waals surface area contributed by atoms with Crippen LogP contribution >= 0.6 is 0 Å². The highest BCUT2D eigenvalue weighted by atomic mass is 19.1. The number of halogens is 1. The molecule has 258 valence electrons. The normalized spacial score (nSPS) is 13.8. The van der Waals surface area contributed by atoms with Crippen LogP contribution in [0.2, 0.25) is 0 Å². The average Bonchev–Trinajstić information content (AvgIpc) is 3.39. The van der Waals surface area contributed by atoms with Gasteiger partial charge < -0.3 is 34.3 Å². The molecule has 1 heterocycles. The van der Waals surface area contributed by atoms with E-state index in [1.54, 1.807) is 25.3 Å². The molecular formula is C39H49FN2O6. The zero-order valence-electron chi connectivity index (χ0n) is 28.6. The molecule has 0 spiro atoms. The third kappa shape index (κ3) is 10.5. The molecule has 0 saturated heterocycles. The van der Waals surface area contributed by atoms with Crippen molar-refractivity contribution in [3.05, 3.63) is 95.9 Å². The zero-order chi connectivity index (χ0) is 34.6. The number of nitrogens with zero attached hydrogens (tertiary/aromatic N) is 1. The molecule has 4 aromatic rings. The van der Waals surface area contributed by atoms with Crippen molar-refractivity contribution >= 4 is 22.9 Å². The van der Waals surface area contributed by atoms with E-state index in [1.807, 2.05) is 68.5 Å². The van der Waals surface area contributed by atoms with Crippen LogP contribution in [-0.4, -0.2) is 72.0 Å². The zero-order valence-corrected chi connectivity index (χ0v) is 28.6. The van der Waals surface area contributed by atoms with Crippen molar-refractivity contribution in [1.29, 1.82) is 0 Å². The molecule has 0 fully saturated rings. The van der Waals surface area contributed by atoms with Gasteiger partial charge in [0.25, 0.3) is 0 Å². The van der Waals surface area contributed by atoms with Gasteiger partial charge in [-0.15, -0.1) is 0 Å². The van der Waals surface area contributed by atoms with Gasteiger partial charge in [0, 0.05) is 54.3 Å². The van der Waals surface area contributed by atoms with Crippen LogP contribution in [0.4, 0.5) is 4.39 Å². The van der Waals surface area contributed by atoms with Crippen molar-refractivity contribution in [2.45, 2.75) is 77.4 Å². The van der Waals surface area contributed by atoms with Crippen molar-refractivity contribution in [2.75, 3.05) is 26.9 Å². The van der Waals surface area contributed by atoms with Crippen molar-refractivity contribution < 1.29 is 33.6 Å². The van der Waals surface area contributed by atoms with Crippen molar-refractivity contribution in [1.82, 2.24) is 9.88 Å². The molecule has 4 rings (SSSR count). The number of nitrogens with one attached hydrogen (secondary N) is 1. The van der Waals surface area contributed by atoms with Crippen LogP contribution in [0.25, 0.3) is 28.1 Å². The second-order valence-electron chi connectivity index (χ2n) is 12.6. The summed E-state index contributed by atoms with van der Waals surface area (Å²) in [5.74, 6) is -0.229. The lowest BCUT2D eigenvalue weighted by Gasteiger charge is -2.21. The molecule has 0 saturated carbocycles. The molecule has 0 aliphatic carbocycles. The molecule has 3 N–H and O–H groups in total. The number of hydrogen-bond donors (Lipinski definition) is 3. The summed E-state index contributed by atoms with van der Waals surface area (Å²) in [4.78, 5) is 12.9. The first kappa shape index (κ1) is 36.8. The molecule has 1 unspecified atom stereocenters. The third-order valence-corrected chi connectivity index (χ3v) is 8.00. The quantitative estimate of drug-likeness (QED) is 0.102. The minimum atomic E-state index is -1.12. The Morgan fingerprint density at radius 3 is 2.35 bits per heavy atom. The number of hydrogen-bond acceptors (Lipinski definition) is 7. The van der Waals surface area contributed by atoms with Crippen molar-refractivity contribution in [2.24, 2.45) is 0 Å². The number of esters is 1. The highest BCUT2D eigenvalue weighted by Crippen LogP contribution is 2.38. The van der Waals surface area contributed by atoms with E-state index in [4.69, 9.17) is 14.2 Å². The predicted molar refractivity (Wildman–Crippen MR) is 189 cm³/mol. The molecule has 0 aliphatic heterocycles. The number of rotatable bonds is 18. The summed E-state index contributed by atoms with van der Waals surface area (Å²) >= 11 is 0. The Balaban J connectivity index is 1.40. The highest BCUT2D eigenvalue weighted by Gasteiger charge is 2.22. The second kappa shape index (κ2) is 17.9. The van der Waals surface area contributed by atoms with E-state index in [0.29, 0.717) is 18.9 Å². The molecule has 0 bridgehead atoms. The maximum atomic E-state index is 13.8. The summed E-state index contributed by atoms with van der Waals surface area (Å²) in [6, 6.07) is 22.4. The van der Waals surface area contributed by atoms with E-state index in [0.717, 1.165) is 39.7 Å². The van der Waals surface area contributed by atoms with Crippen LogP contribution < -0.4 is 10.1 Å². The van der Waals surface area contributed by atoms with Gasteiger partial charge in [0.1, 0.15) is 24.3 Å². The van der Waals surface area contributed by atoms with Gasteiger partial charge in [0.15, 0.2) is 0 Å². The van der Waals surface area contributed by atoms with Crippen LogP contribution in [0, 0.1) is 5.82 Å². The van der Waals surface area contributed by atoms with Crippen molar-refractivity contribution in [3.8, 4) is 16.9 Å². The second-order valence-corrected chi connectivity index (χ2v) is 12.6. The minimum absolute atomic E-state index is 0.0553. The van der Waals surface area contributed by atoms with Crippen LogP contribution in [0.1, 0.15) is 57.8 Å². The number of fused-ring (bicyclic) bond motifs is 1. The Kier molecular flexibility index (Phi) is 13.8. The van der Waals surface area contributed by atoms with E-state index in [-0.39, 0.29) is 37.3 Å². The summed E-state index contributed by atoms with van der Waals surface area (Å²) in [7, 11) is 1.67. The average molecular weight is 661 g/mol. The fraction of sp³-hybridized carbons (Fsp3) is 0.410. The Morgan fingerprint density at radius 2 is 1.69 bits per heavy atom. The van der Waals surface area contributed by atoms with Crippen LogP contribution in [0.5, 0.6) is 5.75 Å². The van der Waals surface area contributed by atoms with Gasteiger partial charge in [-0.25, -0.2) is 4.39 Å². The van der Waals surface area contributed by atoms with Gasteiger partial charge in [-0.2, -0.15) is 0 Å². The number of aliphatic hydroxyl groups excluding tert-OH is 2. The fourth-order valence-corrected chi connectivity index (χ4v) is 5.66. The topological polar surface area (TPSA) is 102 Å². The monoisotopic (exact) mass is 660 g/mol. The van der Waals surface area contributed by atoms with E-state index >= 15 is 0 Å². The van der Waals surface area contributed by atoms with E-state index in [9.17, 15) is 19.4 Å². The highest BCUT2D eigenvalue weighted by molar-refractivity contribution is 6.01. The molecule has 9 heteroatoms. The number of benzene rings is 3. The largest absolute Gasteiger partial charge is 0.490 e. The Morgan fingerprint density at radius 1 is 0.979 bits per heavy atom. The Hall–Kier alpha value is -4.02. The van der Waals surface area contributed by atoms with Gasteiger partial charge >= 0.3 is 5.97 Å². The number of carbonyl (C=O) groups excluding carboxylic acids is 1. The summed E-state index contributed by atoms with van der Waals surface area (Å²) < 4.78 is 32.7. The molecule has 0 amide bonds. The van der Waals surface area contributed by atoms with E-state index < -0.39 is 24.3 Å². The summed E-state index contributed by atoms with van der Waals surface area (Å²) in [6.45, 7) is 9.33. The lowest BCUT2D eigenvalue weighted by Crippen LogP contribution is -2.39. The number of ether oxygens (including phenoxy) is 3. The molecule has 1 aromatic heterocycles. The molecule has 0 radical (unpaired) electrons. The summed E-state index contributed by atoms with van der Waals surface area (Å²) in [5, 5.41) is 25.9. The van der Waals surface area contributed by atoms with Gasteiger partial charge in [0.2, 0.25) is 0 Å². The van der Waals surface area contributed by atoms with E-state index in [2.05, 4.69) is 23.7 Å². The summed E-state index contributed by atoms with van der Waals surface area (Å²) in [6.07, 6.45) is 1.21. The minimum Gasteiger partial charge on any atom is -0.490 e. The smallest absolute Gasteiger partial charge is 0.308 e. The third-order valence-electron chi connectivity index (χ3n) is 8.00. The molecule has 48 heavy (non-hydrogen) atoms. The van der Waals surface area contributed by atoms with Crippen LogP contribution in [-0.2, 0) is 20.7 Å². The maximum absolute atomic E-state index is 13.8. The lowest BCUT2D eigenvalue weighted by molar-refractivity contribution is -0.152. The van der Waals surface area contributed by atoms with Gasteiger partial charge in [-0.1, -0.05) is 62.4 Å². The lowest BCUT2D eigenvalue weighted by atomic mass is 10.0. The molecular weight excluding hydrogens is 611 g/mol.